The van der Waals surface area contributed by atoms with Crippen molar-refractivity contribution in [3.8, 4) is 5.75 Å². The van der Waals surface area contributed by atoms with E-state index in [9.17, 15) is 15.2 Å². The number of hydrogen-bond acceptors (Lipinski definition) is 5. The minimum Gasteiger partial charge on any atom is -1.00 e. The highest BCUT2D eigenvalue weighted by Crippen LogP contribution is 2.32. The van der Waals surface area contributed by atoms with E-state index in [1.807, 2.05) is 20.8 Å². The Kier molecular flexibility index (Phi) is 6.05. The molecule has 0 aromatic heterocycles. The minimum atomic E-state index is -0.699. The summed E-state index contributed by atoms with van der Waals surface area (Å²) in [5.41, 5.74) is 2.31. The molecule has 0 atom stereocenters. The monoisotopic (exact) mass is 306 g/mol. The molecule has 0 heterocycles. The molecule has 0 fully saturated rings. The Morgan fingerprint density at radius 2 is 2.05 bits per heavy atom. The highest BCUT2D eigenvalue weighted by Gasteiger charge is 2.17. The molecule has 0 amide bonds. The van der Waals surface area contributed by atoms with E-state index in [4.69, 9.17) is 11.6 Å². The molecule has 19 heavy (non-hydrogen) atoms. The molecule has 1 rings (SSSR count). The fraction of sp³-hybridized carbons (Fsp3) is 0.364. The smallest absolute Gasteiger partial charge is 0.312 e. The van der Waals surface area contributed by atoms with Crippen molar-refractivity contribution in [2.45, 2.75) is 26.3 Å². The third-order valence-corrected chi connectivity index (χ3v) is 2.10. The highest BCUT2D eigenvalue weighted by atomic mass is 35.5. The first-order valence-electron chi connectivity index (χ1n) is 5.18. The van der Waals surface area contributed by atoms with Gasteiger partial charge in [-0.05, 0) is 26.8 Å². The lowest BCUT2D eigenvalue weighted by molar-refractivity contribution is -0.385. The predicted octanol–water partition coefficient (Wildman–Crippen LogP) is -0.320. The summed E-state index contributed by atoms with van der Waals surface area (Å²) >= 11 is 5.74. The number of aromatic hydroxyl groups is 1. The van der Waals surface area contributed by atoms with Crippen molar-refractivity contribution in [3.05, 3.63) is 32.8 Å². The van der Waals surface area contributed by atoms with Gasteiger partial charge in [0.1, 0.15) is 0 Å². The molecule has 6 nitrogen and oxygen atoms in total. The van der Waals surface area contributed by atoms with Crippen LogP contribution in [0.25, 0.3) is 0 Å². The van der Waals surface area contributed by atoms with Crippen LogP contribution in [0.15, 0.2) is 17.2 Å². The molecule has 0 saturated heterocycles. The average molecular weight is 307 g/mol. The fourth-order valence-electron chi connectivity index (χ4n) is 1.14. The van der Waals surface area contributed by atoms with E-state index in [1.54, 1.807) is 0 Å². The molecule has 0 spiro atoms. The van der Waals surface area contributed by atoms with Gasteiger partial charge in [-0.25, -0.2) is 0 Å². The maximum absolute atomic E-state index is 10.7. The number of benzene rings is 1. The van der Waals surface area contributed by atoms with Crippen molar-refractivity contribution in [1.82, 2.24) is 5.43 Å². The lowest BCUT2D eigenvalue weighted by Gasteiger charge is -2.17. The Labute approximate surface area is 122 Å². The highest BCUT2D eigenvalue weighted by molar-refractivity contribution is 6.31. The summed E-state index contributed by atoms with van der Waals surface area (Å²) < 4.78 is 0. The number of nitrogens with one attached hydrogen (secondary N) is 1. The van der Waals surface area contributed by atoms with Crippen LogP contribution in [0.1, 0.15) is 26.3 Å². The third-order valence-electron chi connectivity index (χ3n) is 1.88. The summed E-state index contributed by atoms with van der Waals surface area (Å²) in [5, 5.41) is 24.4. The van der Waals surface area contributed by atoms with Crippen LogP contribution in [0, 0.1) is 10.1 Å². The normalized spacial score (nSPS) is 11.2. The van der Waals surface area contributed by atoms with Gasteiger partial charge in [-0.3, -0.25) is 10.1 Å². The molecule has 0 aliphatic rings. The fourth-order valence-corrected chi connectivity index (χ4v) is 1.36. The van der Waals surface area contributed by atoms with E-state index in [-0.39, 0.29) is 28.5 Å². The van der Waals surface area contributed by atoms with Gasteiger partial charge in [-0.15, -0.1) is 0 Å². The largest absolute Gasteiger partial charge is 1.00 e. The molecule has 2 N–H and O–H groups in total. The molecule has 1 aromatic rings. The quantitative estimate of drug-likeness (QED) is 0.455. The van der Waals surface area contributed by atoms with Crippen LogP contribution in [0.5, 0.6) is 5.75 Å². The van der Waals surface area contributed by atoms with Gasteiger partial charge in [-0.1, -0.05) is 11.6 Å². The Balaban J connectivity index is 0.00000324. The second-order valence-electron chi connectivity index (χ2n) is 4.74. The maximum atomic E-state index is 10.7. The molecule has 0 unspecified atom stereocenters. The number of phenols is 1. The lowest BCUT2D eigenvalue weighted by Crippen LogP contribution is -3.00. The van der Waals surface area contributed by atoms with Gasteiger partial charge in [0.05, 0.1) is 11.1 Å². The van der Waals surface area contributed by atoms with E-state index in [2.05, 4.69) is 10.5 Å². The Morgan fingerprint density at radius 3 is 2.53 bits per heavy atom. The Morgan fingerprint density at radius 1 is 1.47 bits per heavy atom. The number of nitrogens with zero attached hydrogens (tertiary/aromatic N) is 2. The molecular formula is C11H14Cl2N3O3-. The van der Waals surface area contributed by atoms with E-state index in [0.29, 0.717) is 0 Å². The van der Waals surface area contributed by atoms with E-state index in [0.717, 1.165) is 6.07 Å². The van der Waals surface area contributed by atoms with Gasteiger partial charge in [0.2, 0.25) is 5.75 Å². The van der Waals surface area contributed by atoms with Crippen LogP contribution in [0.4, 0.5) is 5.69 Å². The van der Waals surface area contributed by atoms with Crippen molar-refractivity contribution in [2.75, 3.05) is 0 Å². The van der Waals surface area contributed by atoms with Gasteiger partial charge in [-0.2, -0.15) is 5.10 Å². The first-order valence-corrected chi connectivity index (χ1v) is 5.55. The summed E-state index contributed by atoms with van der Waals surface area (Å²) in [6, 6.07) is 2.49. The predicted molar refractivity (Wildman–Crippen MR) is 70.3 cm³/mol. The zero-order valence-electron chi connectivity index (χ0n) is 10.6. The minimum absolute atomic E-state index is 0. The van der Waals surface area contributed by atoms with Crippen LogP contribution in [-0.4, -0.2) is 21.8 Å². The number of rotatable bonds is 3. The first kappa shape index (κ1) is 17.5. The zero-order valence-corrected chi connectivity index (χ0v) is 12.2. The average Bonchev–Trinajstić information content (AvgIpc) is 2.20. The molecular weight excluding hydrogens is 293 g/mol. The number of halogens is 2. The molecule has 0 radical (unpaired) electrons. The van der Waals surface area contributed by atoms with Gasteiger partial charge in [0, 0.05) is 22.2 Å². The number of hydrogen-bond donors (Lipinski definition) is 2. The molecule has 8 heteroatoms. The topological polar surface area (TPSA) is 87.8 Å². The SMILES string of the molecule is CC(C)(C)NN=Cc1cc(Cl)cc([N+](=O)[O-])c1O.[Cl-]. The van der Waals surface area contributed by atoms with Crippen LogP contribution in [0.2, 0.25) is 5.02 Å². The van der Waals surface area contributed by atoms with E-state index >= 15 is 0 Å². The molecule has 1 aromatic carbocycles. The summed E-state index contributed by atoms with van der Waals surface area (Å²) in [5.74, 6) is -0.455. The van der Waals surface area contributed by atoms with Gasteiger partial charge < -0.3 is 22.9 Å². The number of phenolic OH excluding ortho intramolecular Hbond substituents is 1. The standard InChI is InChI=1S/C11H14ClN3O3.ClH/c1-11(2,3)14-13-6-7-4-8(12)5-9(10(7)16)15(17)18;/h4-6,14,16H,1-3H3;1H/p-1. The summed E-state index contributed by atoms with van der Waals surface area (Å²) in [6.45, 7) is 5.72. The summed E-state index contributed by atoms with van der Waals surface area (Å²) in [7, 11) is 0. The van der Waals surface area contributed by atoms with Gasteiger partial charge in [0.25, 0.3) is 0 Å². The zero-order chi connectivity index (χ0) is 13.9. The van der Waals surface area contributed by atoms with E-state index < -0.39 is 16.4 Å². The van der Waals surface area contributed by atoms with Crippen LogP contribution in [0.3, 0.4) is 0 Å². The number of nitro groups is 1. The van der Waals surface area contributed by atoms with Crippen LogP contribution < -0.4 is 17.8 Å². The Hall–Kier alpha value is -1.53. The molecule has 0 aliphatic heterocycles. The second kappa shape index (κ2) is 6.58. The van der Waals surface area contributed by atoms with Gasteiger partial charge >= 0.3 is 5.69 Å². The first-order chi connectivity index (χ1) is 8.20. The van der Waals surface area contributed by atoms with Gasteiger partial charge in [0.15, 0.2) is 0 Å². The maximum Gasteiger partial charge on any atom is 0.312 e. The molecule has 0 bridgehead atoms. The summed E-state index contributed by atoms with van der Waals surface area (Å²) in [6.07, 6.45) is 1.29. The van der Waals surface area contributed by atoms with Crippen molar-refractivity contribution in [1.29, 1.82) is 0 Å². The van der Waals surface area contributed by atoms with Crippen LogP contribution >= 0.6 is 11.6 Å². The van der Waals surface area contributed by atoms with Crippen LogP contribution in [-0.2, 0) is 0 Å². The van der Waals surface area contributed by atoms with E-state index in [1.165, 1.54) is 12.3 Å². The van der Waals surface area contributed by atoms with Crippen molar-refractivity contribution >= 4 is 23.5 Å². The third kappa shape index (κ3) is 5.32. The molecule has 0 saturated carbocycles. The second-order valence-corrected chi connectivity index (χ2v) is 5.18. The lowest BCUT2D eigenvalue weighted by atomic mass is 10.1. The Bertz CT molecular complexity index is 499. The number of hydrazone groups is 1. The molecule has 0 aliphatic carbocycles. The van der Waals surface area contributed by atoms with Crippen molar-refractivity contribution in [2.24, 2.45) is 5.10 Å². The van der Waals surface area contributed by atoms with Crippen molar-refractivity contribution in [3.63, 3.8) is 0 Å². The number of nitro benzene ring substituents is 1. The van der Waals surface area contributed by atoms with Crippen molar-refractivity contribution < 1.29 is 22.4 Å². The summed E-state index contributed by atoms with van der Waals surface area (Å²) in [4.78, 5) is 9.99. The molecule has 106 valence electrons.